The van der Waals surface area contributed by atoms with Crippen LogP contribution in [0, 0.1) is 0 Å². The largest absolute Gasteiger partial charge is 0.465 e. The third-order valence-corrected chi connectivity index (χ3v) is 2.93. The van der Waals surface area contributed by atoms with Crippen LogP contribution in [-0.4, -0.2) is 31.3 Å². The molecule has 0 spiro atoms. The fraction of sp³-hybridized carbons (Fsp3) is 0.267. The molecule has 0 saturated heterocycles. The van der Waals surface area contributed by atoms with Crippen LogP contribution < -0.4 is 5.32 Å². The van der Waals surface area contributed by atoms with Gasteiger partial charge in [0.2, 0.25) is 0 Å². The average molecular weight is 276 g/mol. The minimum Gasteiger partial charge on any atom is -0.465 e. The molecule has 2 rings (SSSR count). The van der Waals surface area contributed by atoms with E-state index < -0.39 is 0 Å². The predicted octanol–water partition coefficient (Wildman–Crippen LogP) is 0.789. The highest BCUT2D eigenvalue weighted by Crippen LogP contribution is 2.22. The highest BCUT2D eigenvalue weighted by molar-refractivity contribution is 5.89. The van der Waals surface area contributed by atoms with E-state index in [1.807, 2.05) is 29.6 Å². The molecule has 0 aliphatic rings. The SMILES string of the molecule is COC(=O)c1ccc(-c2ccc(C[NH2+]CCO)o2)cc1. The molecule has 0 aliphatic carbocycles. The maximum absolute atomic E-state index is 11.3. The zero-order valence-electron chi connectivity index (χ0n) is 11.3. The van der Waals surface area contributed by atoms with E-state index in [4.69, 9.17) is 9.52 Å². The van der Waals surface area contributed by atoms with Gasteiger partial charge < -0.3 is 19.6 Å². The van der Waals surface area contributed by atoms with E-state index >= 15 is 0 Å². The summed E-state index contributed by atoms with van der Waals surface area (Å²) in [4.78, 5) is 11.3. The van der Waals surface area contributed by atoms with Gasteiger partial charge in [-0.15, -0.1) is 0 Å². The van der Waals surface area contributed by atoms with Gasteiger partial charge in [-0.05, 0) is 24.3 Å². The molecule has 0 atom stereocenters. The summed E-state index contributed by atoms with van der Waals surface area (Å²) in [6.45, 7) is 1.51. The van der Waals surface area contributed by atoms with Gasteiger partial charge in [-0.2, -0.15) is 0 Å². The van der Waals surface area contributed by atoms with E-state index in [2.05, 4.69) is 4.74 Å². The van der Waals surface area contributed by atoms with Crippen LogP contribution in [0.4, 0.5) is 0 Å². The van der Waals surface area contributed by atoms with E-state index in [0.29, 0.717) is 18.7 Å². The van der Waals surface area contributed by atoms with Crippen molar-refractivity contribution in [1.82, 2.24) is 0 Å². The fourth-order valence-electron chi connectivity index (χ4n) is 1.87. The van der Waals surface area contributed by atoms with Crippen LogP contribution in [0.3, 0.4) is 0 Å². The van der Waals surface area contributed by atoms with Crippen LogP contribution in [0.1, 0.15) is 16.1 Å². The molecule has 1 aromatic heterocycles. The molecule has 0 bridgehead atoms. The molecule has 1 aromatic carbocycles. The second kappa shape index (κ2) is 6.88. The van der Waals surface area contributed by atoms with E-state index in [9.17, 15) is 4.79 Å². The molecule has 0 aliphatic heterocycles. The smallest absolute Gasteiger partial charge is 0.337 e. The number of furan rings is 1. The number of methoxy groups -OCH3 is 1. The minimum absolute atomic E-state index is 0.155. The molecule has 0 radical (unpaired) electrons. The molecule has 0 amide bonds. The standard InChI is InChI=1S/C15H17NO4/c1-19-15(18)12-4-2-11(3-5-12)14-7-6-13(20-14)10-16-8-9-17/h2-7,16-17H,8-10H2,1H3/p+1. The molecule has 5 nitrogen and oxygen atoms in total. The highest BCUT2D eigenvalue weighted by Gasteiger charge is 2.08. The van der Waals surface area contributed by atoms with Crippen molar-refractivity contribution in [3.8, 4) is 11.3 Å². The van der Waals surface area contributed by atoms with Crippen molar-refractivity contribution in [3.05, 3.63) is 47.7 Å². The number of carbonyl (C=O) groups excluding carboxylic acids is 1. The summed E-state index contributed by atoms with van der Waals surface area (Å²) in [6.07, 6.45) is 0. The van der Waals surface area contributed by atoms with Gasteiger partial charge in [0.25, 0.3) is 0 Å². The number of benzene rings is 1. The minimum atomic E-state index is -0.352. The normalized spacial score (nSPS) is 10.5. The number of rotatable bonds is 6. The maximum Gasteiger partial charge on any atom is 0.337 e. The Bertz CT molecular complexity index is 560. The highest BCUT2D eigenvalue weighted by atomic mass is 16.5. The third kappa shape index (κ3) is 3.46. The number of quaternary nitrogens is 1. The van der Waals surface area contributed by atoms with E-state index in [1.54, 1.807) is 12.1 Å². The van der Waals surface area contributed by atoms with Crippen molar-refractivity contribution in [2.75, 3.05) is 20.3 Å². The van der Waals surface area contributed by atoms with Crippen LogP contribution in [0.2, 0.25) is 0 Å². The summed E-state index contributed by atoms with van der Waals surface area (Å²) in [5, 5.41) is 10.7. The Balaban J connectivity index is 2.06. The summed E-state index contributed by atoms with van der Waals surface area (Å²) in [5.41, 5.74) is 1.42. The molecule has 3 N–H and O–H groups in total. The first-order chi connectivity index (χ1) is 9.74. The summed E-state index contributed by atoms with van der Waals surface area (Å²) in [6, 6.07) is 10.9. The van der Waals surface area contributed by atoms with Crippen LogP contribution in [-0.2, 0) is 11.3 Å². The fourth-order valence-corrected chi connectivity index (χ4v) is 1.87. The molecule has 0 unspecified atom stereocenters. The predicted molar refractivity (Wildman–Crippen MR) is 73.1 cm³/mol. The first-order valence-corrected chi connectivity index (χ1v) is 6.44. The third-order valence-electron chi connectivity index (χ3n) is 2.93. The first-order valence-electron chi connectivity index (χ1n) is 6.44. The van der Waals surface area contributed by atoms with Crippen molar-refractivity contribution in [2.24, 2.45) is 0 Å². The van der Waals surface area contributed by atoms with Crippen molar-refractivity contribution in [3.63, 3.8) is 0 Å². The van der Waals surface area contributed by atoms with Crippen molar-refractivity contribution >= 4 is 5.97 Å². The Morgan fingerprint density at radius 3 is 2.65 bits per heavy atom. The van der Waals surface area contributed by atoms with Gasteiger partial charge in [0, 0.05) is 5.56 Å². The van der Waals surface area contributed by atoms with Crippen LogP contribution in [0.5, 0.6) is 0 Å². The molecule has 20 heavy (non-hydrogen) atoms. The molecular weight excluding hydrogens is 258 g/mol. The number of aliphatic hydroxyl groups is 1. The monoisotopic (exact) mass is 276 g/mol. The topological polar surface area (TPSA) is 76.3 Å². The average Bonchev–Trinajstić information content (AvgIpc) is 2.96. The van der Waals surface area contributed by atoms with Crippen molar-refractivity contribution < 1.29 is 24.4 Å². The van der Waals surface area contributed by atoms with Crippen molar-refractivity contribution in [2.45, 2.75) is 6.54 Å². The van der Waals surface area contributed by atoms with E-state index in [1.165, 1.54) is 7.11 Å². The Hall–Kier alpha value is -2.11. The first kappa shape index (κ1) is 14.3. The van der Waals surface area contributed by atoms with Gasteiger partial charge in [-0.3, -0.25) is 0 Å². The quantitative estimate of drug-likeness (QED) is 0.604. The van der Waals surface area contributed by atoms with Gasteiger partial charge in [0.1, 0.15) is 12.3 Å². The Morgan fingerprint density at radius 2 is 2.00 bits per heavy atom. The van der Waals surface area contributed by atoms with Crippen LogP contribution in [0.15, 0.2) is 40.8 Å². The summed E-state index contributed by atoms with van der Waals surface area (Å²) in [7, 11) is 1.36. The van der Waals surface area contributed by atoms with E-state index in [-0.39, 0.29) is 12.6 Å². The molecule has 2 aromatic rings. The van der Waals surface area contributed by atoms with Gasteiger partial charge >= 0.3 is 5.97 Å². The lowest BCUT2D eigenvalue weighted by atomic mass is 10.1. The Labute approximate surface area is 117 Å². The second-order valence-electron chi connectivity index (χ2n) is 4.34. The summed E-state index contributed by atoms with van der Waals surface area (Å²) in [5.74, 6) is 1.26. The number of nitrogens with two attached hydrogens (primary N) is 1. The van der Waals surface area contributed by atoms with Gasteiger partial charge in [-0.25, -0.2) is 4.79 Å². The number of aliphatic hydroxyl groups excluding tert-OH is 1. The Kier molecular flexibility index (Phi) is 4.92. The van der Waals surface area contributed by atoms with E-state index in [0.717, 1.165) is 17.1 Å². The molecule has 1 heterocycles. The van der Waals surface area contributed by atoms with Gasteiger partial charge in [0.15, 0.2) is 5.76 Å². The second-order valence-corrected chi connectivity index (χ2v) is 4.34. The maximum atomic E-state index is 11.3. The zero-order chi connectivity index (χ0) is 14.4. The lowest BCUT2D eigenvalue weighted by Gasteiger charge is -2.01. The zero-order valence-corrected chi connectivity index (χ0v) is 11.3. The number of ether oxygens (including phenoxy) is 1. The number of hydrogen-bond acceptors (Lipinski definition) is 4. The summed E-state index contributed by atoms with van der Waals surface area (Å²) >= 11 is 0. The molecular formula is C15H18NO4+. The molecule has 5 heteroatoms. The molecule has 106 valence electrons. The molecule has 0 saturated carbocycles. The van der Waals surface area contributed by atoms with Gasteiger partial charge in [0.05, 0.1) is 25.8 Å². The lowest BCUT2D eigenvalue weighted by molar-refractivity contribution is -0.673. The van der Waals surface area contributed by atoms with Gasteiger partial charge in [-0.1, -0.05) is 12.1 Å². The summed E-state index contributed by atoms with van der Waals surface area (Å²) < 4.78 is 10.4. The molecule has 0 fully saturated rings. The number of esters is 1. The van der Waals surface area contributed by atoms with Crippen LogP contribution >= 0.6 is 0 Å². The number of carbonyl (C=O) groups is 1. The Morgan fingerprint density at radius 1 is 1.25 bits per heavy atom. The van der Waals surface area contributed by atoms with Crippen molar-refractivity contribution in [1.29, 1.82) is 0 Å². The van der Waals surface area contributed by atoms with Crippen LogP contribution in [0.25, 0.3) is 11.3 Å². The number of hydrogen-bond donors (Lipinski definition) is 2. The lowest BCUT2D eigenvalue weighted by Crippen LogP contribution is -2.83.